The first-order valence-corrected chi connectivity index (χ1v) is 7.15. The number of ether oxygens (including phenoxy) is 3. The van der Waals surface area contributed by atoms with Crippen molar-refractivity contribution in [3.05, 3.63) is 0 Å². The van der Waals surface area contributed by atoms with E-state index in [1.165, 1.54) is 0 Å². The van der Waals surface area contributed by atoms with Gasteiger partial charge in [0.25, 0.3) is 0 Å². The van der Waals surface area contributed by atoms with Gasteiger partial charge in [-0.15, -0.1) is 0 Å². The van der Waals surface area contributed by atoms with Gasteiger partial charge in [-0.1, -0.05) is 6.42 Å². The highest BCUT2D eigenvalue weighted by atomic mass is 16.6. The summed E-state index contributed by atoms with van der Waals surface area (Å²) in [5, 5.41) is 0. The maximum absolute atomic E-state index is 12.1. The number of carbonyl (C=O) groups is 1. The molecule has 1 heterocycles. The second-order valence-electron chi connectivity index (χ2n) is 5.81. The molecule has 0 aromatic heterocycles. The molecular weight excluding hydrogens is 232 g/mol. The Bertz CT molecular complexity index is 317. The van der Waals surface area contributed by atoms with Crippen LogP contribution in [0.25, 0.3) is 0 Å². The van der Waals surface area contributed by atoms with Crippen molar-refractivity contribution in [3.8, 4) is 0 Å². The molecule has 2 aliphatic carbocycles. The predicted octanol–water partition coefficient (Wildman–Crippen LogP) is 2.05. The summed E-state index contributed by atoms with van der Waals surface area (Å²) in [5.74, 6) is 0.0300. The number of hydrogen-bond acceptors (Lipinski definition) is 4. The third-order valence-electron chi connectivity index (χ3n) is 4.53. The van der Waals surface area contributed by atoms with E-state index in [-0.39, 0.29) is 24.1 Å². The Hall–Kier alpha value is -0.610. The smallest absolute Gasteiger partial charge is 0.309 e. The van der Waals surface area contributed by atoms with Crippen molar-refractivity contribution in [1.29, 1.82) is 0 Å². The van der Waals surface area contributed by atoms with Crippen molar-refractivity contribution in [1.82, 2.24) is 0 Å². The Kier molecular flexibility index (Phi) is 3.57. The van der Waals surface area contributed by atoms with Crippen molar-refractivity contribution in [2.24, 2.45) is 5.92 Å². The van der Waals surface area contributed by atoms with E-state index in [1.54, 1.807) is 7.11 Å². The number of epoxide rings is 1. The molecule has 0 aromatic carbocycles. The fraction of sp³-hybridized carbons (Fsp3) is 0.929. The minimum Gasteiger partial charge on any atom is -0.462 e. The number of methoxy groups -OCH3 is 1. The fourth-order valence-corrected chi connectivity index (χ4v) is 3.31. The van der Waals surface area contributed by atoms with Crippen LogP contribution in [0.1, 0.15) is 44.9 Å². The Morgan fingerprint density at radius 1 is 1.06 bits per heavy atom. The summed E-state index contributed by atoms with van der Waals surface area (Å²) in [6.07, 6.45) is 7.99. The molecule has 0 spiro atoms. The molecule has 0 radical (unpaired) electrons. The van der Waals surface area contributed by atoms with E-state index in [1.807, 2.05) is 0 Å². The normalized spacial score (nSPS) is 43.1. The SMILES string of the molecule is COC1CCCC(C(=O)OC2CCC3OC3C2)C1. The summed E-state index contributed by atoms with van der Waals surface area (Å²) in [5.41, 5.74) is 0. The Balaban J connectivity index is 1.48. The van der Waals surface area contributed by atoms with E-state index in [0.29, 0.717) is 12.2 Å². The van der Waals surface area contributed by atoms with Crippen molar-refractivity contribution in [2.75, 3.05) is 7.11 Å². The van der Waals surface area contributed by atoms with E-state index >= 15 is 0 Å². The van der Waals surface area contributed by atoms with Crippen LogP contribution in [0.5, 0.6) is 0 Å². The molecule has 0 amide bonds. The van der Waals surface area contributed by atoms with Crippen LogP contribution in [-0.4, -0.2) is 37.5 Å². The number of rotatable bonds is 3. The number of esters is 1. The second-order valence-corrected chi connectivity index (χ2v) is 5.81. The Morgan fingerprint density at radius 2 is 1.94 bits per heavy atom. The maximum atomic E-state index is 12.1. The first-order chi connectivity index (χ1) is 8.76. The molecule has 102 valence electrons. The Labute approximate surface area is 108 Å². The van der Waals surface area contributed by atoms with Crippen LogP contribution in [0.4, 0.5) is 0 Å². The third kappa shape index (κ3) is 2.69. The predicted molar refractivity (Wildman–Crippen MR) is 65.1 cm³/mol. The highest BCUT2D eigenvalue weighted by Gasteiger charge is 2.45. The number of carbonyl (C=O) groups excluding carboxylic acids is 1. The molecule has 3 rings (SSSR count). The molecule has 0 aromatic rings. The van der Waals surface area contributed by atoms with Gasteiger partial charge < -0.3 is 14.2 Å². The second kappa shape index (κ2) is 5.17. The molecular formula is C14H22O4. The van der Waals surface area contributed by atoms with Gasteiger partial charge in [0, 0.05) is 13.5 Å². The first kappa shape index (κ1) is 12.4. The zero-order valence-electron chi connectivity index (χ0n) is 11.0. The van der Waals surface area contributed by atoms with E-state index in [2.05, 4.69) is 0 Å². The highest BCUT2D eigenvalue weighted by Crippen LogP contribution is 2.38. The lowest BCUT2D eigenvalue weighted by Crippen LogP contribution is -2.32. The first-order valence-electron chi connectivity index (χ1n) is 7.15. The molecule has 5 atom stereocenters. The van der Waals surface area contributed by atoms with Crippen molar-refractivity contribution >= 4 is 5.97 Å². The van der Waals surface area contributed by atoms with Gasteiger partial charge in [-0.3, -0.25) is 4.79 Å². The fourth-order valence-electron chi connectivity index (χ4n) is 3.31. The van der Waals surface area contributed by atoms with E-state index in [4.69, 9.17) is 14.2 Å². The van der Waals surface area contributed by atoms with Crippen LogP contribution in [0.3, 0.4) is 0 Å². The van der Waals surface area contributed by atoms with Crippen LogP contribution < -0.4 is 0 Å². The van der Waals surface area contributed by atoms with Crippen LogP contribution in [-0.2, 0) is 19.0 Å². The van der Waals surface area contributed by atoms with Gasteiger partial charge >= 0.3 is 5.97 Å². The van der Waals surface area contributed by atoms with E-state index in [9.17, 15) is 4.79 Å². The van der Waals surface area contributed by atoms with Gasteiger partial charge in [-0.25, -0.2) is 0 Å². The zero-order valence-corrected chi connectivity index (χ0v) is 11.0. The van der Waals surface area contributed by atoms with Crippen molar-refractivity contribution in [3.63, 3.8) is 0 Å². The van der Waals surface area contributed by atoms with Gasteiger partial charge in [-0.2, -0.15) is 0 Å². The quantitative estimate of drug-likeness (QED) is 0.571. The Morgan fingerprint density at radius 3 is 2.72 bits per heavy atom. The molecule has 4 heteroatoms. The van der Waals surface area contributed by atoms with E-state index < -0.39 is 0 Å². The molecule has 3 aliphatic rings. The van der Waals surface area contributed by atoms with Crippen LogP contribution in [0.15, 0.2) is 0 Å². The maximum Gasteiger partial charge on any atom is 0.309 e. The molecule has 5 unspecified atom stereocenters. The minimum absolute atomic E-state index is 0.0131. The van der Waals surface area contributed by atoms with Crippen molar-refractivity contribution < 1.29 is 19.0 Å². The average Bonchev–Trinajstić information content (AvgIpc) is 3.17. The summed E-state index contributed by atoms with van der Waals surface area (Å²) in [7, 11) is 1.73. The van der Waals surface area contributed by atoms with Crippen LogP contribution in [0.2, 0.25) is 0 Å². The van der Waals surface area contributed by atoms with Gasteiger partial charge in [0.15, 0.2) is 0 Å². The summed E-state index contributed by atoms with van der Waals surface area (Å²) < 4.78 is 16.5. The standard InChI is InChI=1S/C14H22O4/c1-16-10-4-2-3-9(7-10)14(15)17-11-5-6-12-13(8-11)18-12/h9-13H,2-8H2,1H3. The molecule has 1 aliphatic heterocycles. The summed E-state index contributed by atoms with van der Waals surface area (Å²) in [4.78, 5) is 12.1. The van der Waals surface area contributed by atoms with Crippen LogP contribution >= 0.6 is 0 Å². The highest BCUT2D eigenvalue weighted by molar-refractivity contribution is 5.72. The topological polar surface area (TPSA) is 48.1 Å². The molecule has 2 saturated carbocycles. The van der Waals surface area contributed by atoms with Gasteiger partial charge in [0.1, 0.15) is 6.10 Å². The van der Waals surface area contributed by atoms with E-state index in [0.717, 1.165) is 44.9 Å². The molecule has 0 N–H and O–H groups in total. The summed E-state index contributed by atoms with van der Waals surface area (Å²) in [6, 6.07) is 0. The molecule has 18 heavy (non-hydrogen) atoms. The van der Waals surface area contributed by atoms with Crippen molar-refractivity contribution in [2.45, 2.75) is 69.4 Å². The number of hydrogen-bond donors (Lipinski definition) is 0. The van der Waals surface area contributed by atoms with Gasteiger partial charge in [-0.05, 0) is 32.1 Å². The van der Waals surface area contributed by atoms with Gasteiger partial charge in [0.2, 0.25) is 0 Å². The monoisotopic (exact) mass is 254 g/mol. The minimum atomic E-state index is -0.0131. The molecule has 4 nitrogen and oxygen atoms in total. The lowest BCUT2D eigenvalue weighted by atomic mass is 9.87. The summed E-state index contributed by atoms with van der Waals surface area (Å²) in [6.45, 7) is 0. The molecule has 1 saturated heterocycles. The molecule has 3 fully saturated rings. The van der Waals surface area contributed by atoms with Gasteiger partial charge in [0.05, 0.1) is 24.2 Å². The van der Waals surface area contributed by atoms with Crippen LogP contribution in [0, 0.1) is 5.92 Å². The zero-order chi connectivity index (χ0) is 12.5. The third-order valence-corrected chi connectivity index (χ3v) is 4.53. The lowest BCUT2D eigenvalue weighted by Gasteiger charge is -2.28. The summed E-state index contributed by atoms with van der Waals surface area (Å²) >= 11 is 0. The lowest BCUT2D eigenvalue weighted by molar-refractivity contribution is -0.158. The average molecular weight is 254 g/mol. The molecule has 0 bridgehead atoms. The number of fused-ring (bicyclic) bond motifs is 1. The largest absolute Gasteiger partial charge is 0.462 e.